The van der Waals surface area contributed by atoms with E-state index in [1.54, 1.807) is 24.3 Å². The highest BCUT2D eigenvalue weighted by atomic mass is 35.5. The van der Waals surface area contributed by atoms with E-state index in [0.29, 0.717) is 13.0 Å². The average Bonchev–Trinajstić information content (AvgIpc) is 2.78. The van der Waals surface area contributed by atoms with Crippen LogP contribution in [-0.4, -0.2) is 22.1 Å². The first-order valence-electron chi connectivity index (χ1n) is 10.4. The number of aromatic nitrogens is 2. The number of halogens is 2. The number of nitrogen functional groups attached to an aromatic ring is 1. The SMILES string of the molecule is CCCCn1c(N)c(N(Cc2ccccc2)C(=O)COc2ccc(F)cc2Cl)c(=O)[nH]c1=O. The van der Waals surface area contributed by atoms with Gasteiger partial charge in [0.2, 0.25) is 0 Å². The van der Waals surface area contributed by atoms with E-state index < -0.39 is 29.6 Å². The van der Waals surface area contributed by atoms with Crippen LogP contribution in [0, 0.1) is 5.82 Å². The van der Waals surface area contributed by atoms with E-state index in [1.807, 2.05) is 13.0 Å². The van der Waals surface area contributed by atoms with Crippen LogP contribution in [0.5, 0.6) is 5.75 Å². The number of rotatable bonds is 9. The normalized spacial score (nSPS) is 10.8. The van der Waals surface area contributed by atoms with Crippen LogP contribution in [0.4, 0.5) is 15.9 Å². The number of benzene rings is 2. The van der Waals surface area contributed by atoms with Crippen molar-refractivity contribution in [1.82, 2.24) is 9.55 Å². The molecule has 2 aromatic carbocycles. The molecule has 1 aromatic heterocycles. The molecule has 8 nitrogen and oxygen atoms in total. The number of nitrogens with two attached hydrogens (primary N) is 1. The van der Waals surface area contributed by atoms with Crippen molar-refractivity contribution in [3.05, 3.63) is 85.8 Å². The maximum absolute atomic E-state index is 13.3. The molecule has 0 aliphatic carbocycles. The zero-order chi connectivity index (χ0) is 24.0. The number of nitrogens with one attached hydrogen (secondary N) is 1. The summed E-state index contributed by atoms with van der Waals surface area (Å²) in [6.07, 6.45) is 1.47. The number of carbonyl (C=O) groups is 1. The standard InChI is InChI=1S/C23H24ClFN4O4/c1-2-3-11-28-21(26)20(22(31)27-23(28)32)29(13-15-7-5-4-6-8-15)19(30)14-33-18-10-9-16(25)12-17(18)24/h4-10,12H,2-3,11,13-14,26H2,1H3,(H,27,31,32). The van der Waals surface area contributed by atoms with Crippen LogP contribution in [0.25, 0.3) is 0 Å². The number of aromatic amines is 1. The van der Waals surface area contributed by atoms with Crippen molar-refractivity contribution in [3.63, 3.8) is 0 Å². The minimum Gasteiger partial charge on any atom is -0.482 e. The van der Waals surface area contributed by atoms with Crippen LogP contribution >= 0.6 is 11.6 Å². The Bertz CT molecular complexity index is 1240. The van der Waals surface area contributed by atoms with Crippen molar-refractivity contribution >= 4 is 29.0 Å². The Balaban J connectivity index is 1.98. The highest BCUT2D eigenvalue weighted by Gasteiger charge is 2.25. The molecule has 0 aliphatic heterocycles. The Morgan fingerprint density at radius 1 is 1.21 bits per heavy atom. The summed E-state index contributed by atoms with van der Waals surface area (Å²) in [5.41, 5.74) is 5.37. The zero-order valence-electron chi connectivity index (χ0n) is 18.0. The van der Waals surface area contributed by atoms with Crippen molar-refractivity contribution in [1.29, 1.82) is 0 Å². The number of hydrogen-bond donors (Lipinski definition) is 2. The van der Waals surface area contributed by atoms with Crippen molar-refractivity contribution in [2.24, 2.45) is 0 Å². The molecule has 0 spiro atoms. The monoisotopic (exact) mass is 474 g/mol. The molecule has 1 amide bonds. The maximum Gasteiger partial charge on any atom is 0.330 e. The Hall–Kier alpha value is -3.59. The highest BCUT2D eigenvalue weighted by Crippen LogP contribution is 2.26. The molecule has 10 heteroatoms. The highest BCUT2D eigenvalue weighted by molar-refractivity contribution is 6.32. The third-order valence-corrected chi connectivity index (χ3v) is 5.24. The molecule has 3 N–H and O–H groups in total. The quantitative estimate of drug-likeness (QED) is 0.494. The van der Waals surface area contributed by atoms with Crippen molar-refractivity contribution in [3.8, 4) is 5.75 Å². The van der Waals surface area contributed by atoms with Crippen molar-refractivity contribution < 1.29 is 13.9 Å². The third-order valence-electron chi connectivity index (χ3n) is 4.95. The molecule has 3 aromatic rings. The van der Waals surface area contributed by atoms with E-state index in [9.17, 15) is 18.8 Å². The molecule has 33 heavy (non-hydrogen) atoms. The van der Waals surface area contributed by atoms with Gasteiger partial charge in [-0.05, 0) is 30.2 Å². The lowest BCUT2D eigenvalue weighted by atomic mass is 10.2. The van der Waals surface area contributed by atoms with Gasteiger partial charge < -0.3 is 10.5 Å². The van der Waals surface area contributed by atoms with Gasteiger partial charge in [0.1, 0.15) is 17.4 Å². The van der Waals surface area contributed by atoms with Gasteiger partial charge in [-0.15, -0.1) is 0 Å². The number of ether oxygens (including phenoxy) is 1. The molecule has 0 radical (unpaired) electrons. The maximum atomic E-state index is 13.3. The topological polar surface area (TPSA) is 110 Å². The summed E-state index contributed by atoms with van der Waals surface area (Å²) in [5, 5.41) is 0.00267. The van der Waals surface area contributed by atoms with Gasteiger partial charge in [-0.2, -0.15) is 0 Å². The van der Waals surface area contributed by atoms with Crippen LogP contribution in [-0.2, 0) is 17.9 Å². The number of hydrogen-bond acceptors (Lipinski definition) is 5. The smallest absolute Gasteiger partial charge is 0.330 e. The molecule has 0 fully saturated rings. The van der Waals surface area contributed by atoms with Crippen LogP contribution in [0.1, 0.15) is 25.3 Å². The Kier molecular flexibility index (Phi) is 7.89. The van der Waals surface area contributed by atoms with Crippen LogP contribution in [0.15, 0.2) is 58.1 Å². The molecular formula is C23H24ClFN4O4. The molecule has 0 saturated heterocycles. The largest absolute Gasteiger partial charge is 0.482 e. The molecule has 0 atom stereocenters. The first kappa shape index (κ1) is 24.1. The molecule has 1 heterocycles. The molecule has 0 unspecified atom stereocenters. The number of carbonyl (C=O) groups excluding carboxylic acids is 1. The number of nitrogens with zero attached hydrogens (tertiary/aromatic N) is 2. The van der Waals surface area contributed by atoms with E-state index in [4.69, 9.17) is 22.1 Å². The van der Waals surface area contributed by atoms with Gasteiger partial charge in [0.05, 0.1) is 11.6 Å². The lowest BCUT2D eigenvalue weighted by molar-refractivity contribution is -0.120. The van der Waals surface area contributed by atoms with Gasteiger partial charge >= 0.3 is 5.69 Å². The summed E-state index contributed by atoms with van der Waals surface area (Å²) in [5.74, 6) is -1.14. The summed E-state index contributed by atoms with van der Waals surface area (Å²) in [6, 6.07) is 12.5. The molecular weight excluding hydrogens is 451 g/mol. The second kappa shape index (κ2) is 10.8. The third kappa shape index (κ3) is 5.81. The molecule has 0 bridgehead atoms. The molecule has 0 saturated carbocycles. The van der Waals surface area contributed by atoms with Gasteiger partial charge in [-0.25, -0.2) is 9.18 Å². The van der Waals surface area contributed by atoms with Crippen LogP contribution < -0.4 is 26.6 Å². The van der Waals surface area contributed by atoms with E-state index in [0.717, 1.165) is 24.1 Å². The second-order valence-electron chi connectivity index (χ2n) is 7.33. The van der Waals surface area contributed by atoms with E-state index in [-0.39, 0.29) is 28.8 Å². The lowest BCUT2D eigenvalue weighted by Gasteiger charge is -2.25. The molecule has 0 aliphatic rings. The summed E-state index contributed by atoms with van der Waals surface area (Å²) >= 11 is 5.97. The van der Waals surface area contributed by atoms with Gasteiger partial charge in [-0.1, -0.05) is 55.3 Å². The number of H-pyrrole nitrogens is 1. The minimum absolute atomic E-state index is 0.00267. The predicted octanol–water partition coefficient (Wildman–Crippen LogP) is 3.32. The predicted molar refractivity (Wildman–Crippen MR) is 125 cm³/mol. The Labute approximate surface area is 194 Å². The summed E-state index contributed by atoms with van der Waals surface area (Å²) < 4.78 is 20.0. The number of anilines is 2. The van der Waals surface area contributed by atoms with E-state index >= 15 is 0 Å². The van der Waals surface area contributed by atoms with E-state index in [1.165, 1.54) is 15.5 Å². The second-order valence-corrected chi connectivity index (χ2v) is 7.73. The minimum atomic E-state index is -0.783. The fourth-order valence-electron chi connectivity index (χ4n) is 3.24. The van der Waals surface area contributed by atoms with E-state index in [2.05, 4.69) is 4.98 Å². The zero-order valence-corrected chi connectivity index (χ0v) is 18.8. The molecule has 174 valence electrons. The Morgan fingerprint density at radius 3 is 2.61 bits per heavy atom. The fraction of sp³-hybridized carbons (Fsp3) is 0.261. The number of unbranched alkanes of at least 4 members (excludes halogenated alkanes) is 1. The van der Waals surface area contributed by atoms with Crippen LogP contribution in [0.3, 0.4) is 0 Å². The molecule has 3 rings (SSSR count). The summed E-state index contributed by atoms with van der Waals surface area (Å²) in [6.45, 7) is 1.77. The fourth-order valence-corrected chi connectivity index (χ4v) is 3.47. The lowest BCUT2D eigenvalue weighted by Crippen LogP contribution is -2.42. The Morgan fingerprint density at radius 2 is 1.94 bits per heavy atom. The van der Waals surface area contributed by atoms with Gasteiger partial charge in [-0.3, -0.25) is 24.0 Å². The summed E-state index contributed by atoms with van der Waals surface area (Å²) in [7, 11) is 0. The van der Waals surface area contributed by atoms with Gasteiger partial charge in [0, 0.05) is 6.54 Å². The number of amides is 1. The first-order valence-corrected chi connectivity index (χ1v) is 10.7. The van der Waals surface area contributed by atoms with Crippen molar-refractivity contribution in [2.75, 3.05) is 17.2 Å². The van der Waals surface area contributed by atoms with Gasteiger partial charge in [0.15, 0.2) is 12.3 Å². The van der Waals surface area contributed by atoms with Gasteiger partial charge in [0.25, 0.3) is 11.5 Å². The summed E-state index contributed by atoms with van der Waals surface area (Å²) in [4.78, 5) is 41.7. The first-order chi connectivity index (χ1) is 15.8. The average molecular weight is 475 g/mol. The van der Waals surface area contributed by atoms with Crippen molar-refractivity contribution in [2.45, 2.75) is 32.9 Å². The van der Waals surface area contributed by atoms with Crippen LogP contribution in [0.2, 0.25) is 5.02 Å².